The predicted molar refractivity (Wildman–Crippen MR) is 49.6 cm³/mol. The summed E-state index contributed by atoms with van der Waals surface area (Å²) in [6.07, 6.45) is -3.85. The summed E-state index contributed by atoms with van der Waals surface area (Å²) in [6.45, 7) is 3.42. The molecule has 0 heterocycles. The van der Waals surface area contributed by atoms with Crippen LogP contribution in [-0.2, 0) is 4.79 Å². The Balaban J connectivity index is 4.31. The number of carboxylic acids is 1. The van der Waals surface area contributed by atoms with Gasteiger partial charge in [-0.2, -0.15) is 13.2 Å². The van der Waals surface area contributed by atoms with Gasteiger partial charge in [-0.05, 0) is 6.42 Å². The van der Waals surface area contributed by atoms with Gasteiger partial charge in [-0.1, -0.05) is 19.1 Å². The topological polar surface area (TPSA) is 40.5 Å². The zero-order valence-corrected chi connectivity index (χ0v) is 8.47. The minimum atomic E-state index is -4.39. The molecule has 0 aromatic carbocycles. The highest BCUT2D eigenvalue weighted by molar-refractivity contribution is 5.69. The molecule has 0 aromatic rings. The monoisotopic (exact) mass is 225 g/mol. The maximum atomic E-state index is 12.0. The summed E-state index contributed by atoms with van der Waals surface area (Å²) in [5, 5.41) is 8.43. The maximum absolute atomic E-state index is 12.0. The van der Waals surface area contributed by atoms with Crippen molar-refractivity contribution in [1.82, 2.24) is 4.90 Å². The summed E-state index contributed by atoms with van der Waals surface area (Å²) >= 11 is 0. The Kier molecular flexibility index (Phi) is 5.35. The van der Waals surface area contributed by atoms with Gasteiger partial charge in [0.2, 0.25) is 0 Å². The zero-order valence-electron chi connectivity index (χ0n) is 8.47. The van der Waals surface area contributed by atoms with Crippen molar-refractivity contribution < 1.29 is 23.1 Å². The lowest BCUT2D eigenvalue weighted by Crippen LogP contribution is -2.38. The molecule has 0 aliphatic heterocycles. The first-order valence-electron chi connectivity index (χ1n) is 4.42. The highest BCUT2D eigenvalue weighted by Crippen LogP contribution is 2.17. The maximum Gasteiger partial charge on any atom is 0.401 e. The molecule has 0 radical (unpaired) electrons. The molecule has 0 aliphatic carbocycles. The lowest BCUT2D eigenvalue weighted by Gasteiger charge is -2.22. The van der Waals surface area contributed by atoms with Crippen LogP contribution in [-0.4, -0.2) is 41.8 Å². The van der Waals surface area contributed by atoms with Crippen LogP contribution in [0.1, 0.15) is 13.3 Å². The second-order valence-corrected chi connectivity index (χ2v) is 3.26. The number of alkyl halides is 3. The van der Waals surface area contributed by atoms with E-state index in [1.165, 1.54) is 0 Å². The van der Waals surface area contributed by atoms with Crippen LogP contribution in [0, 0.1) is 0 Å². The van der Waals surface area contributed by atoms with Gasteiger partial charge < -0.3 is 5.11 Å². The van der Waals surface area contributed by atoms with Crippen molar-refractivity contribution in [3.05, 3.63) is 12.2 Å². The molecule has 1 N–H and O–H groups in total. The summed E-state index contributed by atoms with van der Waals surface area (Å²) in [5.74, 6) is -1.27. The summed E-state index contributed by atoms with van der Waals surface area (Å²) in [7, 11) is 0. The highest BCUT2D eigenvalue weighted by atomic mass is 19.4. The standard InChI is InChI=1S/C9H14F3NO2/c1-3-7(2)4-13(5-8(14)15)6-9(10,11)12/h2-6H2,1H3,(H,14,15). The fraction of sp³-hybridized carbons (Fsp3) is 0.667. The molecule has 88 valence electrons. The second kappa shape index (κ2) is 5.75. The molecule has 0 fully saturated rings. The molecule has 0 saturated carbocycles. The molecular weight excluding hydrogens is 211 g/mol. The number of hydrogen-bond donors (Lipinski definition) is 1. The predicted octanol–water partition coefficient (Wildman–Crippen LogP) is 1.90. The normalized spacial score (nSPS) is 11.8. The average Bonchev–Trinajstić information content (AvgIpc) is 1.99. The second-order valence-electron chi connectivity index (χ2n) is 3.26. The Morgan fingerprint density at radius 3 is 2.27 bits per heavy atom. The van der Waals surface area contributed by atoms with Gasteiger partial charge in [0.15, 0.2) is 0 Å². The van der Waals surface area contributed by atoms with Crippen molar-refractivity contribution in [3.63, 3.8) is 0 Å². The van der Waals surface area contributed by atoms with Crippen molar-refractivity contribution in [2.75, 3.05) is 19.6 Å². The van der Waals surface area contributed by atoms with Crippen LogP contribution in [0.25, 0.3) is 0 Å². The van der Waals surface area contributed by atoms with Gasteiger partial charge >= 0.3 is 12.1 Å². The van der Waals surface area contributed by atoms with Crippen molar-refractivity contribution in [1.29, 1.82) is 0 Å². The number of carboxylic acid groups (broad SMARTS) is 1. The molecule has 0 aromatic heterocycles. The van der Waals surface area contributed by atoms with E-state index in [0.29, 0.717) is 12.0 Å². The van der Waals surface area contributed by atoms with Crippen LogP contribution >= 0.6 is 0 Å². The Bertz CT molecular complexity index is 238. The third-order valence-corrected chi connectivity index (χ3v) is 1.71. The fourth-order valence-corrected chi connectivity index (χ4v) is 1.04. The van der Waals surface area contributed by atoms with Gasteiger partial charge in [0.25, 0.3) is 0 Å². The molecule has 0 aliphatic rings. The summed E-state index contributed by atoms with van der Waals surface area (Å²) < 4.78 is 36.1. The molecule has 0 spiro atoms. The molecule has 0 unspecified atom stereocenters. The van der Waals surface area contributed by atoms with E-state index in [4.69, 9.17) is 5.11 Å². The largest absolute Gasteiger partial charge is 0.480 e. The van der Waals surface area contributed by atoms with E-state index in [0.717, 1.165) is 4.90 Å². The third kappa shape index (κ3) is 7.99. The molecule has 15 heavy (non-hydrogen) atoms. The van der Waals surface area contributed by atoms with Gasteiger partial charge in [0, 0.05) is 6.54 Å². The Hall–Kier alpha value is -1.04. The first-order valence-corrected chi connectivity index (χ1v) is 4.42. The lowest BCUT2D eigenvalue weighted by molar-refractivity contribution is -0.153. The average molecular weight is 225 g/mol. The van der Waals surface area contributed by atoms with Crippen LogP contribution in [0.2, 0.25) is 0 Å². The number of aliphatic carboxylic acids is 1. The quantitative estimate of drug-likeness (QED) is 0.702. The van der Waals surface area contributed by atoms with Crippen LogP contribution < -0.4 is 0 Å². The molecule has 0 rings (SSSR count). The fourth-order valence-electron chi connectivity index (χ4n) is 1.04. The van der Waals surface area contributed by atoms with E-state index in [1.807, 2.05) is 0 Å². The first-order chi connectivity index (χ1) is 6.74. The van der Waals surface area contributed by atoms with Gasteiger partial charge in [-0.3, -0.25) is 9.69 Å². The van der Waals surface area contributed by atoms with Crippen LogP contribution in [0.3, 0.4) is 0 Å². The molecule has 0 saturated heterocycles. The Morgan fingerprint density at radius 1 is 1.40 bits per heavy atom. The summed E-state index contributed by atoms with van der Waals surface area (Å²) in [4.78, 5) is 11.1. The van der Waals surface area contributed by atoms with E-state index in [-0.39, 0.29) is 6.54 Å². The number of carbonyl (C=O) groups is 1. The van der Waals surface area contributed by atoms with Crippen molar-refractivity contribution >= 4 is 5.97 Å². The van der Waals surface area contributed by atoms with Gasteiger partial charge in [-0.25, -0.2) is 0 Å². The van der Waals surface area contributed by atoms with E-state index in [1.54, 1.807) is 6.92 Å². The minimum Gasteiger partial charge on any atom is -0.480 e. The van der Waals surface area contributed by atoms with Gasteiger partial charge in [0.1, 0.15) is 0 Å². The van der Waals surface area contributed by atoms with Crippen molar-refractivity contribution in [2.45, 2.75) is 19.5 Å². The first kappa shape index (κ1) is 14.0. The number of halogens is 3. The molecule has 0 amide bonds. The zero-order chi connectivity index (χ0) is 12.1. The lowest BCUT2D eigenvalue weighted by atomic mass is 10.2. The number of rotatable bonds is 6. The van der Waals surface area contributed by atoms with Crippen molar-refractivity contribution in [3.8, 4) is 0 Å². The smallest absolute Gasteiger partial charge is 0.401 e. The van der Waals surface area contributed by atoms with Gasteiger partial charge in [-0.15, -0.1) is 0 Å². The highest BCUT2D eigenvalue weighted by Gasteiger charge is 2.31. The molecule has 0 atom stereocenters. The van der Waals surface area contributed by atoms with E-state index < -0.39 is 25.2 Å². The van der Waals surface area contributed by atoms with Crippen molar-refractivity contribution in [2.24, 2.45) is 0 Å². The Labute approximate surface area is 86.2 Å². The SMILES string of the molecule is C=C(CC)CN(CC(=O)O)CC(F)(F)F. The van der Waals surface area contributed by atoms with Crippen LogP contribution in [0.15, 0.2) is 12.2 Å². The van der Waals surface area contributed by atoms with E-state index >= 15 is 0 Å². The summed E-state index contributed by atoms with van der Waals surface area (Å²) in [6, 6.07) is 0. The minimum absolute atomic E-state index is 0.0394. The van der Waals surface area contributed by atoms with E-state index in [9.17, 15) is 18.0 Å². The van der Waals surface area contributed by atoms with Gasteiger partial charge in [0.05, 0.1) is 13.1 Å². The van der Waals surface area contributed by atoms with Crippen LogP contribution in [0.5, 0.6) is 0 Å². The molecule has 3 nitrogen and oxygen atoms in total. The van der Waals surface area contributed by atoms with E-state index in [2.05, 4.69) is 6.58 Å². The molecule has 0 bridgehead atoms. The van der Waals surface area contributed by atoms with Crippen LogP contribution in [0.4, 0.5) is 13.2 Å². The number of hydrogen-bond acceptors (Lipinski definition) is 2. The molecule has 6 heteroatoms. The third-order valence-electron chi connectivity index (χ3n) is 1.71. The number of nitrogens with zero attached hydrogens (tertiary/aromatic N) is 1. The summed E-state index contributed by atoms with van der Waals surface area (Å²) in [5.41, 5.74) is 0.584. The Morgan fingerprint density at radius 2 is 1.93 bits per heavy atom. The molecular formula is C9H14F3NO2.